The Morgan fingerprint density at radius 2 is 1.42 bits per heavy atom. The largest absolute Gasteiger partial charge is 0.386 e. The number of halogens is 2. The first-order chi connectivity index (χ1) is 10.6. The molecule has 1 fully saturated rings. The van der Waals surface area contributed by atoms with Gasteiger partial charge in [-0.05, 0) is 13.3 Å². The van der Waals surface area contributed by atoms with E-state index >= 15 is 0 Å². The summed E-state index contributed by atoms with van der Waals surface area (Å²) in [5.41, 5.74) is -1.86. The number of carbonyl (C=O) groups is 1. The average molecular weight is 359 g/mol. The van der Waals surface area contributed by atoms with E-state index in [-0.39, 0.29) is 0 Å². The van der Waals surface area contributed by atoms with Gasteiger partial charge in [-0.25, -0.2) is 0 Å². The first-order valence-electron chi connectivity index (χ1n) is 7.14. The van der Waals surface area contributed by atoms with Crippen LogP contribution >= 0.6 is 0 Å². The fraction of sp³-hybridized carbons (Fsp3) is 0.786. The monoisotopic (exact) mass is 359 g/mol. The summed E-state index contributed by atoms with van der Waals surface area (Å²) >= 11 is 0. The minimum Gasteiger partial charge on any atom is -0.386 e. The highest BCUT2D eigenvalue weighted by molar-refractivity contribution is 5.80. The Morgan fingerprint density at radius 1 is 1.08 bits per heavy atom. The molecule has 1 amide bonds. The molecular weight excluding hydrogens is 332 g/mol. The second kappa shape index (κ2) is 7.38. The lowest BCUT2D eigenvalue weighted by molar-refractivity contribution is -0.500. The maximum absolute atomic E-state index is 14.0. The van der Waals surface area contributed by atoms with E-state index in [0.29, 0.717) is 6.92 Å². The summed E-state index contributed by atoms with van der Waals surface area (Å²) in [4.78, 5) is 11.3. The van der Waals surface area contributed by atoms with Crippen LogP contribution in [0.2, 0.25) is 0 Å². The zero-order chi connectivity index (χ0) is 20.4. The number of hydrogen-bond acceptors (Lipinski definition) is 7. The molecule has 144 valence electrons. The molecule has 3 unspecified atom stereocenters. The van der Waals surface area contributed by atoms with E-state index in [1.165, 1.54) is 0 Å². The molecule has 8 N–H and O–H groups in total. The minimum absolute atomic E-state index is 0.336. The summed E-state index contributed by atoms with van der Waals surface area (Å²) in [6.45, 7) is 11.4. The van der Waals surface area contributed by atoms with Crippen LogP contribution in [0.5, 0.6) is 0 Å². The third-order valence-corrected chi connectivity index (χ3v) is 4.11. The molecule has 0 spiro atoms. The highest BCUT2D eigenvalue weighted by Crippen LogP contribution is 2.58. The molecule has 0 radical (unpaired) electrons. The molecular formula is C14H27F2NO7. The maximum Gasteiger partial charge on any atom is 0.336 e. The molecule has 1 aliphatic rings. The van der Waals surface area contributed by atoms with Gasteiger partial charge in [0.2, 0.25) is 11.7 Å². The topological polar surface area (TPSA) is 164 Å². The van der Waals surface area contributed by atoms with Gasteiger partial charge < -0.3 is 36.4 Å². The fourth-order valence-corrected chi connectivity index (χ4v) is 2.64. The molecule has 1 aliphatic carbocycles. The lowest BCUT2D eigenvalue weighted by Gasteiger charge is -2.60. The second-order valence-corrected chi connectivity index (χ2v) is 5.16. The van der Waals surface area contributed by atoms with Crippen molar-refractivity contribution in [1.29, 1.82) is 0 Å². The quantitative estimate of drug-likeness (QED) is 0.241. The Bertz CT molecular complexity index is 454. The first kappa shape index (κ1) is 25.1. The number of carbonyl (C=O) groups excluding carboxylic acids is 1. The smallest absolute Gasteiger partial charge is 0.336 e. The lowest BCUT2D eigenvalue weighted by atomic mass is 9.57. The van der Waals surface area contributed by atoms with E-state index in [0.717, 1.165) is 6.92 Å². The standard InChI is InChI=1S/C10H17F2NO7.C2H6.C2H4/c1-3-7(16)4(5(13)14)8(17,18)10(19,20)9(11,12)6(7,2)15;2*1-2/h4,15-20H,3H2,1-2H3,(H2,13,14);1-2H3;1-2H2. The highest BCUT2D eigenvalue weighted by atomic mass is 19.3. The third kappa shape index (κ3) is 2.83. The van der Waals surface area contributed by atoms with Crippen LogP contribution < -0.4 is 5.73 Å². The van der Waals surface area contributed by atoms with Crippen LogP contribution in [0.3, 0.4) is 0 Å². The maximum atomic E-state index is 14.0. The van der Waals surface area contributed by atoms with Gasteiger partial charge in [0.15, 0.2) is 5.60 Å². The molecule has 1 rings (SSSR count). The van der Waals surface area contributed by atoms with Gasteiger partial charge >= 0.3 is 5.92 Å². The van der Waals surface area contributed by atoms with Crippen LogP contribution in [-0.2, 0) is 4.79 Å². The summed E-state index contributed by atoms with van der Waals surface area (Å²) in [5, 5.41) is 57.8. The Labute approximate surface area is 138 Å². The predicted molar refractivity (Wildman–Crippen MR) is 80.4 cm³/mol. The molecule has 1 saturated carbocycles. The fourth-order valence-electron chi connectivity index (χ4n) is 2.64. The van der Waals surface area contributed by atoms with Gasteiger partial charge in [-0.15, -0.1) is 13.2 Å². The molecule has 0 aromatic rings. The molecule has 8 nitrogen and oxygen atoms in total. The van der Waals surface area contributed by atoms with Crippen LogP contribution in [0.15, 0.2) is 13.2 Å². The summed E-state index contributed by atoms with van der Waals surface area (Å²) < 4.78 is 28.0. The molecule has 0 aliphatic heterocycles. The van der Waals surface area contributed by atoms with Crippen molar-refractivity contribution in [3.8, 4) is 0 Å². The normalized spacial score (nSPS) is 35.6. The predicted octanol–water partition coefficient (Wildman–Crippen LogP) is -1.18. The number of amides is 1. The van der Waals surface area contributed by atoms with Crippen molar-refractivity contribution < 1.29 is 44.2 Å². The van der Waals surface area contributed by atoms with Gasteiger partial charge in [-0.1, -0.05) is 20.8 Å². The van der Waals surface area contributed by atoms with Crippen molar-refractivity contribution >= 4 is 5.91 Å². The summed E-state index contributed by atoms with van der Waals surface area (Å²) in [6.07, 6.45) is -0.748. The lowest BCUT2D eigenvalue weighted by Crippen LogP contribution is -2.87. The van der Waals surface area contributed by atoms with Crippen molar-refractivity contribution in [3.05, 3.63) is 13.2 Å². The Morgan fingerprint density at radius 3 is 1.67 bits per heavy atom. The molecule has 0 aromatic carbocycles. The van der Waals surface area contributed by atoms with Crippen LogP contribution in [-0.4, -0.2) is 65.2 Å². The molecule has 0 saturated heterocycles. The van der Waals surface area contributed by atoms with Crippen molar-refractivity contribution in [1.82, 2.24) is 0 Å². The second-order valence-electron chi connectivity index (χ2n) is 5.16. The minimum atomic E-state index is -4.99. The highest BCUT2D eigenvalue weighted by Gasteiger charge is 2.86. The first-order valence-corrected chi connectivity index (χ1v) is 7.14. The number of hydrogen-bond donors (Lipinski definition) is 7. The molecule has 0 heterocycles. The molecule has 0 aromatic heterocycles. The van der Waals surface area contributed by atoms with Crippen LogP contribution in [0.25, 0.3) is 0 Å². The van der Waals surface area contributed by atoms with E-state index < -0.39 is 46.9 Å². The summed E-state index contributed by atoms with van der Waals surface area (Å²) in [5.74, 6) is -18.2. The van der Waals surface area contributed by atoms with Crippen molar-refractivity contribution in [2.45, 2.75) is 62.8 Å². The average Bonchev–Trinajstić information content (AvgIpc) is 2.48. The molecule has 3 atom stereocenters. The van der Waals surface area contributed by atoms with Gasteiger partial charge in [0.05, 0.1) is 0 Å². The molecule has 24 heavy (non-hydrogen) atoms. The third-order valence-electron chi connectivity index (χ3n) is 4.11. The molecule has 0 bridgehead atoms. The van der Waals surface area contributed by atoms with Crippen molar-refractivity contribution in [3.63, 3.8) is 0 Å². The summed E-state index contributed by atoms with van der Waals surface area (Å²) in [7, 11) is 0. The number of primary amides is 1. The van der Waals surface area contributed by atoms with E-state index in [1.54, 1.807) is 0 Å². The van der Waals surface area contributed by atoms with Gasteiger partial charge in [0, 0.05) is 0 Å². The number of alkyl halides is 2. The van der Waals surface area contributed by atoms with Gasteiger partial charge in [-0.2, -0.15) is 8.78 Å². The zero-order valence-corrected chi connectivity index (χ0v) is 14.1. The zero-order valence-electron chi connectivity index (χ0n) is 14.1. The van der Waals surface area contributed by atoms with Gasteiger partial charge in [0.1, 0.15) is 11.5 Å². The van der Waals surface area contributed by atoms with E-state index in [1.807, 2.05) is 13.8 Å². The van der Waals surface area contributed by atoms with E-state index in [4.69, 9.17) is 5.73 Å². The van der Waals surface area contributed by atoms with Crippen LogP contribution in [0.4, 0.5) is 8.78 Å². The van der Waals surface area contributed by atoms with E-state index in [9.17, 15) is 44.2 Å². The van der Waals surface area contributed by atoms with Gasteiger partial charge in [-0.3, -0.25) is 4.79 Å². The number of rotatable bonds is 2. The SMILES string of the molecule is C=C.CC.CCC1(O)C(C(N)=O)C(O)(O)C(O)(O)C(F)(F)C1(C)O. The Balaban J connectivity index is 0. The van der Waals surface area contributed by atoms with Crippen LogP contribution in [0, 0.1) is 5.92 Å². The summed E-state index contributed by atoms with van der Waals surface area (Å²) in [6, 6.07) is 0. The van der Waals surface area contributed by atoms with Gasteiger partial charge in [0.25, 0.3) is 5.79 Å². The number of nitrogens with two attached hydrogens (primary N) is 1. The van der Waals surface area contributed by atoms with Crippen LogP contribution in [0.1, 0.15) is 34.1 Å². The Kier molecular flexibility index (Phi) is 7.71. The van der Waals surface area contributed by atoms with Crippen molar-refractivity contribution in [2.75, 3.05) is 0 Å². The molecule has 10 heteroatoms. The number of aliphatic hydroxyl groups is 6. The van der Waals surface area contributed by atoms with E-state index in [2.05, 4.69) is 13.2 Å². The Hall–Kier alpha value is -1.17. The van der Waals surface area contributed by atoms with Crippen molar-refractivity contribution in [2.24, 2.45) is 11.7 Å².